The van der Waals surface area contributed by atoms with E-state index in [1.54, 1.807) is 6.07 Å². The topological polar surface area (TPSA) is 55.2 Å². The Kier molecular flexibility index (Phi) is 5.34. The normalized spacial score (nSPS) is 18.4. The van der Waals surface area contributed by atoms with Crippen LogP contribution in [0.4, 0.5) is 5.00 Å². The van der Waals surface area contributed by atoms with E-state index >= 15 is 0 Å². The minimum Gasteiger partial charge on any atom is -0.310 e. The highest BCUT2D eigenvalue weighted by atomic mass is 32.1. The summed E-state index contributed by atoms with van der Waals surface area (Å²) in [5.41, 5.74) is 1.03. The van der Waals surface area contributed by atoms with Crippen LogP contribution >= 0.6 is 11.3 Å². The van der Waals surface area contributed by atoms with Gasteiger partial charge in [0.05, 0.1) is 4.92 Å². The van der Waals surface area contributed by atoms with Crippen LogP contribution < -0.4 is 5.32 Å². The molecule has 1 fully saturated rings. The number of nitrogens with one attached hydrogen (secondary N) is 1. The summed E-state index contributed by atoms with van der Waals surface area (Å²) in [5.74, 6) is 0.785. The van der Waals surface area contributed by atoms with Gasteiger partial charge in [0.2, 0.25) is 0 Å². The van der Waals surface area contributed by atoms with Gasteiger partial charge in [0, 0.05) is 24.0 Å². The molecule has 0 radical (unpaired) electrons. The first-order valence-electron chi connectivity index (χ1n) is 7.16. The molecule has 106 valence electrons. The van der Waals surface area contributed by atoms with Crippen molar-refractivity contribution in [3.63, 3.8) is 0 Å². The Labute approximate surface area is 118 Å². The molecule has 2 rings (SSSR count). The molecule has 1 aromatic rings. The maximum absolute atomic E-state index is 10.7. The molecule has 1 aliphatic rings. The Bertz CT molecular complexity index is 413. The van der Waals surface area contributed by atoms with Crippen molar-refractivity contribution >= 4 is 16.3 Å². The Morgan fingerprint density at radius 3 is 2.79 bits per heavy atom. The zero-order valence-corrected chi connectivity index (χ0v) is 12.2. The van der Waals surface area contributed by atoms with Crippen molar-refractivity contribution in [2.45, 2.75) is 58.0 Å². The van der Waals surface area contributed by atoms with Gasteiger partial charge >= 0.3 is 5.00 Å². The van der Waals surface area contributed by atoms with Crippen molar-refractivity contribution in [1.82, 2.24) is 5.32 Å². The van der Waals surface area contributed by atoms with Crippen LogP contribution in [-0.2, 0) is 6.54 Å². The Hall–Kier alpha value is -0.940. The number of rotatable bonds is 6. The molecule has 1 aliphatic carbocycles. The van der Waals surface area contributed by atoms with Crippen LogP contribution in [0.1, 0.15) is 51.0 Å². The van der Waals surface area contributed by atoms with E-state index in [1.165, 1.54) is 43.4 Å². The molecule has 4 nitrogen and oxygen atoms in total. The molecule has 0 aliphatic heterocycles. The van der Waals surface area contributed by atoms with Crippen LogP contribution in [-0.4, -0.2) is 11.0 Å². The lowest BCUT2D eigenvalue weighted by atomic mass is 9.83. The smallest absolute Gasteiger partial charge is 0.310 e. The molecule has 5 heteroatoms. The van der Waals surface area contributed by atoms with Crippen LogP contribution in [0.5, 0.6) is 0 Å². The second kappa shape index (κ2) is 7.01. The van der Waals surface area contributed by atoms with E-state index < -0.39 is 0 Å². The summed E-state index contributed by atoms with van der Waals surface area (Å²) in [7, 11) is 0. The molecular formula is C14H22N2O2S. The average Bonchev–Trinajstić information content (AvgIpc) is 2.90. The molecule has 1 aromatic heterocycles. The molecule has 0 bridgehead atoms. The molecule has 0 spiro atoms. The predicted molar refractivity (Wildman–Crippen MR) is 78.5 cm³/mol. The van der Waals surface area contributed by atoms with Gasteiger partial charge in [0.1, 0.15) is 0 Å². The maximum atomic E-state index is 10.7. The van der Waals surface area contributed by atoms with Gasteiger partial charge in [-0.15, -0.1) is 0 Å². The predicted octanol–water partition coefficient (Wildman–Crippen LogP) is 4.10. The van der Waals surface area contributed by atoms with Crippen molar-refractivity contribution in [2.24, 2.45) is 5.92 Å². The lowest BCUT2D eigenvalue weighted by molar-refractivity contribution is -0.380. The Morgan fingerprint density at radius 1 is 1.47 bits per heavy atom. The van der Waals surface area contributed by atoms with Crippen LogP contribution in [0.25, 0.3) is 0 Å². The summed E-state index contributed by atoms with van der Waals surface area (Å²) in [6.45, 7) is 2.97. The first-order chi connectivity index (χ1) is 9.20. The highest BCUT2D eigenvalue weighted by Crippen LogP contribution is 2.28. The van der Waals surface area contributed by atoms with Crippen molar-refractivity contribution < 1.29 is 4.92 Å². The zero-order chi connectivity index (χ0) is 13.7. The minimum atomic E-state index is -0.313. The van der Waals surface area contributed by atoms with E-state index in [0.717, 1.165) is 24.4 Å². The van der Waals surface area contributed by atoms with Crippen molar-refractivity contribution in [3.05, 3.63) is 27.1 Å². The van der Waals surface area contributed by atoms with Gasteiger partial charge in [-0.1, -0.05) is 37.5 Å². The second-order valence-corrected chi connectivity index (χ2v) is 6.23. The average molecular weight is 282 g/mol. The van der Waals surface area contributed by atoms with E-state index in [-0.39, 0.29) is 9.92 Å². The summed E-state index contributed by atoms with van der Waals surface area (Å²) in [6, 6.07) is 2.24. The largest absolute Gasteiger partial charge is 0.324 e. The third-order valence-electron chi connectivity index (χ3n) is 4.05. The van der Waals surface area contributed by atoms with Gasteiger partial charge in [-0.3, -0.25) is 10.1 Å². The molecule has 0 saturated heterocycles. The molecule has 1 atom stereocenters. The molecular weight excluding hydrogens is 260 g/mol. The number of hydrogen-bond donors (Lipinski definition) is 1. The van der Waals surface area contributed by atoms with Crippen molar-refractivity contribution in [2.75, 3.05) is 0 Å². The zero-order valence-electron chi connectivity index (χ0n) is 11.4. The van der Waals surface area contributed by atoms with E-state index in [4.69, 9.17) is 0 Å². The lowest BCUT2D eigenvalue weighted by Crippen LogP contribution is -2.36. The van der Waals surface area contributed by atoms with Gasteiger partial charge in [0.25, 0.3) is 0 Å². The third-order valence-corrected chi connectivity index (χ3v) is 4.98. The van der Waals surface area contributed by atoms with E-state index in [2.05, 4.69) is 12.2 Å². The number of thiophene rings is 1. The number of nitro groups is 1. The third kappa shape index (κ3) is 4.01. The molecule has 1 unspecified atom stereocenters. The minimum absolute atomic E-state index is 0.238. The summed E-state index contributed by atoms with van der Waals surface area (Å²) in [5, 5.41) is 16.4. The summed E-state index contributed by atoms with van der Waals surface area (Å²) in [4.78, 5) is 10.3. The number of nitrogens with zero attached hydrogens (tertiary/aromatic N) is 1. The number of hydrogen-bond acceptors (Lipinski definition) is 4. The van der Waals surface area contributed by atoms with Crippen LogP contribution in [0.3, 0.4) is 0 Å². The quantitative estimate of drug-likeness (QED) is 0.631. The summed E-state index contributed by atoms with van der Waals surface area (Å²) >= 11 is 1.21. The highest BCUT2D eigenvalue weighted by molar-refractivity contribution is 7.13. The highest BCUT2D eigenvalue weighted by Gasteiger charge is 2.22. The molecule has 1 saturated carbocycles. The Morgan fingerprint density at radius 2 is 2.21 bits per heavy atom. The molecule has 0 amide bonds. The summed E-state index contributed by atoms with van der Waals surface area (Å²) in [6.07, 6.45) is 7.88. The van der Waals surface area contributed by atoms with Crippen molar-refractivity contribution in [1.29, 1.82) is 0 Å². The first-order valence-corrected chi connectivity index (χ1v) is 8.04. The molecule has 1 N–H and O–H groups in total. The van der Waals surface area contributed by atoms with Gasteiger partial charge in [-0.25, -0.2) is 0 Å². The van der Waals surface area contributed by atoms with E-state index in [9.17, 15) is 10.1 Å². The summed E-state index contributed by atoms with van der Waals surface area (Å²) < 4.78 is 0. The van der Waals surface area contributed by atoms with Gasteiger partial charge < -0.3 is 5.32 Å². The second-order valence-electron chi connectivity index (χ2n) is 5.34. The molecule has 19 heavy (non-hydrogen) atoms. The standard InChI is InChI=1S/C14H22N2O2S/c1-2-13(12-6-4-3-5-7-12)15-9-11-8-14(16(17)18)19-10-11/h8,10,12-13,15H,2-7,9H2,1H3. The van der Waals surface area contributed by atoms with Crippen LogP contribution in [0.15, 0.2) is 11.4 Å². The monoisotopic (exact) mass is 282 g/mol. The van der Waals surface area contributed by atoms with Crippen molar-refractivity contribution in [3.8, 4) is 0 Å². The SMILES string of the molecule is CCC(NCc1csc([N+](=O)[O-])c1)C1CCCCC1. The fraction of sp³-hybridized carbons (Fsp3) is 0.714. The van der Waals surface area contributed by atoms with Gasteiger partial charge in [-0.2, -0.15) is 0 Å². The molecule has 1 heterocycles. The lowest BCUT2D eigenvalue weighted by Gasteiger charge is -2.30. The van der Waals surface area contributed by atoms with E-state index in [0.29, 0.717) is 6.04 Å². The van der Waals surface area contributed by atoms with Gasteiger partial charge in [0.15, 0.2) is 0 Å². The molecule has 0 aromatic carbocycles. The Balaban J connectivity index is 1.86. The van der Waals surface area contributed by atoms with Crippen LogP contribution in [0, 0.1) is 16.0 Å². The van der Waals surface area contributed by atoms with E-state index in [1.807, 2.05) is 5.38 Å². The van der Waals surface area contributed by atoms with Crippen LogP contribution in [0.2, 0.25) is 0 Å². The maximum Gasteiger partial charge on any atom is 0.324 e. The fourth-order valence-corrected chi connectivity index (χ4v) is 3.71. The fourth-order valence-electron chi connectivity index (χ4n) is 2.98. The first kappa shape index (κ1) is 14.5. The van der Waals surface area contributed by atoms with Gasteiger partial charge in [-0.05, 0) is 30.7 Å².